The first-order valence-corrected chi connectivity index (χ1v) is 10.5. The maximum atomic E-state index is 14.1. The van der Waals surface area contributed by atoms with Crippen molar-refractivity contribution in [1.82, 2.24) is 9.62 Å². The Morgan fingerprint density at radius 1 is 1.20 bits per heavy atom. The van der Waals surface area contributed by atoms with Gasteiger partial charge >= 0.3 is 0 Å². The number of sulfonamides is 1. The van der Waals surface area contributed by atoms with E-state index in [0.717, 1.165) is 44.6 Å². The highest BCUT2D eigenvalue weighted by atomic mass is 32.2. The van der Waals surface area contributed by atoms with Crippen LogP contribution < -0.4 is 4.72 Å². The summed E-state index contributed by atoms with van der Waals surface area (Å²) in [6.07, 6.45) is 6.86. The predicted octanol–water partition coefficient (Wildman–Crippen LogP) is 3.06. The van der Waals surface area contributed by atoms with Gasteiger partial charge < -0.3 is 4.90 Å². The molecule has 0 radical (unpaired) electrons. The number of amides is 1. The van der Waals surface area contributed by atoms with Crippen LogP contribution in [0.3, 0.4) is 0 Å². The van der Waals surface area contributed by atoms with Crippen LogP contribution in [0.4, 0.5) is 4.39 Å². The Morgan fingerprint density at radius 2 is 1.88 bits per heavy atom. The van der Waals surface area contributed by atoms with Gasteiger partial charge in [0.2, 0.25) is 10.0 Å². The Balaban J connectivity index is 1.85. The lowest BCUT2D eigenvalue weighted by Gasteiger charge is -2.33. The van der Waals surface area contributed by atoms with Crippen molar-refractivity contribution in [3.05, 3.63) is 29.6 Å². The minimum Gasteiger partial charge on any atom is -0.336 e. The number of halogens is 1. The van der Waals surface area contributed by atoms with E-state index < -0.39 is 20.7 Å². The number of rotatable bonds is 6. The average molecular weight is 368 g/mol. The zero-order chi connectivity index (χ0) is 18.0. The summed E-state index contributed by atoms with van der Waals surface area (Å²) in [5.41, 5.74) is 0.227. The van der Waals surface area contributed by atoms with Crippen LogP contribution in [0.1, 0.15) is 62.2 Å². The first kappa shape index (κ1) is 18.3. The fourth-order valence-electron chi connectivity index (χ4n) is 3.45. The molecule has 0 unspecified atom stereocenters. The number of hydrogen-bond donors (Lipinski definition) is 1. The SMILES string of the molecule is CCN(C(=O)c1ccc(F)c(S(=O)(=O)NC2CC2)c1)C1CCCCC1. The summed E-state index contributed by atoms with van der Waals surface area (Å²) in [4.78, 5) is 14.2. The normalized spacial score (nSPS) is 19.0. The summed E-state index contributed by atoms with van der Waals surface area (Å²) in [7, 11) is -3.94. The minimum atomic E-state index is -3.94. The lowest BCUT2D eigenvalue weighted by atomic mass is 9.93. The van der Waals surface area contributed by atoms with Crippen molar-refractivity contribution in [2.45, 2.75) is 68.8 Å². The van der Waals surface area contributed by atoms with Crippen molar-refractivity contribution in [3.8, 4) is 0 Å². The molecule has 2 saturated carbocycles. The molecule has 7 heteroatoms. The largest absolute Gasteiger partial charge is 0.336 e. The molecule has 1 N–H and O–H groups in total. The van der Waals surface area contributed by atoms with Crippen molar-refractivity contribution < 1.29 is 17.6 Å². The summed E-state index contributed by atoms with van der Waals surface area (Å²) >= 11 is 0. The van der Waals surface area contributed by atoms with Gasteiger partial charge in [-0.05, 0) is 50.8 Å². The molecule has 0 bridgehead atoms. The number of carbonyl (C=O) groups is 1. The zero-order valence-electron chi connectivity index (χ0n) is 14.5. The topological polar surface area (TPSA) is 66.5 Å². The lowest BCUT2D eigenvalue weighted by Crippen LogP contribution is -2.41. The monoisotopic (exact) mass is 368 g/mol. The molecule has 2 fully saturated rings. The fraction of sp³-hybridized carbons (Fsp3) is 0.611. The predicted molar refractivity (Wildman–Crippen MR) is 93.3 cm³/mol. The van der Waals surface area contributed by atoms with E-state index in [4.69, 9.17) is 0 Å². The molecule has 1 aromatic carbocycles. The van der Waals surface area contributed by atoms with Gasteiger partial charge in [-0.3, -0.25) is 4.79 Å². The summed E-state index contributed by atoms with van der Waals surface area (Å²) in [6.45, 7) is 2.48. The summed E-state index contributed by atoms with van der Waals surface area (Å²) in [6, 6.07) is 3.69. The van der Waals surface area contributed by atoms with Crippen LogP contribution in [0.5, 0.6) is 0 Å². The van der Waals surface area contributed by atoms with Gasteiger partial charge in [-0.25, -0.2) is 17.5 Å². The second kappa shape index (κ2) is 7.41. The molecule has 1 amide bonds. The van der Waals surface area contributed by atoms with Crippen molar-refractivity contribution in [3.63, 3.8) is 0 Å². The molecule has 0 atom stereocenters. The molecule has 1 aromatic rings. The van der Waals surface area contributed by atoms with Gasteiger partial charge in [-0.2, -0.15) is 0 Å². The van der Waals surface area contributed by atoms with E-state index >= 15 is 0 Å². The highest BCUT2D eigenvalue weighted by Crippen LogP contribution is 2.26. The van der Waals surface area contributed by atoms with E-state index in [2.05, 4.69) is 4.72 Å². The van der Waals surface area contributed by atoms with Gasteiger partial charge in [0.1, 0.15) is 10.7 Å². The maximum absolute atomic E-state index is 14.1. The highest BCUT2D eigenvalue weighted by Gasteiger charge is 2.31. The molecule has 0 spiro atoms. The Labute approximate surface area is 148 Å². The average Bonchev–Trinajstić information content (AvgIpc) is 3.40. The lowest BCUT2D eigenvalue weighted by molar-refractivity contribution is 0.0647. The minimum absolute atomic E-state index is 0.113. The van der Waals surface area contributed by atoms with Crippen molar-refractivity contribution in [2.75, 3.05) is 6.54 Å². The van der Waals surface area contributed by atoms with Gasteiger partial charge in [-0.15, -0.1) is 0 Å². The molecule has 25 heavy (non-hydrogen) atoms. The van der Waals surface area contributed by atoms with E-state index in [0.29, 0.717) is 6.54 Å². The van der Waals surface area contributed by atoms with Gasteiger partial charge in [-0.1, -0.05) is 19.3 Å². The van der Waals surface area contributed by atoms with Crippen LogP contribution in [0, 0.1) is 5.82 Å². The summed E-state index contributed by atoms with van der Waals surface area (Å²) in [5, 5.41) is 0. The molecule has 0 saturated heterocycles. The van der Waals surface area contributed by atoms with Gasteiger partial charge in [0.15, 0.2) is 0 Å². The number of nitrogens with one attached hydrogen (secondary N) is 1. The first-order valence-electron chi connectivity index (χ1n) is 9.05. The molecule has 2 aliphatic carbocycles. The standard InChI is InChI=1S/C18H25FN2O3S/c1-2-21(15-6-4-3-5-7-15)18(22)13-8-11-16(19)17(12-13)25(23,24)20-14-9-10-14/h8,11-12,14-15,20H,2-7,9-10H2,1H3. The van der Waals surface area contributed by atoms with E-state index in [-0.39, 0.29) is 23.6 Å². The molecule has 0 aromatic heterocycles. The van der Waals surface area contributed by atoms with Crippen LogP contribution in [0.2, 0.25) is 0 Å². The van der Waals surface area contributed by atoms with Crippen molar-refractivity contribution in [2.24, 2.45) is 0 Å². The molecular formula is C18H25FN2O3S. The van der Waals surface area contributed by atoms with Gasteiger partial charge in [0.25, 0.3) is 5.91 Å². The first-order chi connectivity index (χ1) is 11.9. The molecular weight excluding hydrogens is 343 g/mol. The van der Waals surface area contributed by atoms with E-state index in [1.165, 1.54) is 18.6 Å². The number of nitrogens with zero attached hydrogens (tertiary/aromatic N) is 1. The summed E-state index contributed by atoms with van der Waals surface area (Å²) in [5.74, 6) is -1.05. The van der Waals surface area contributed by atoms with E-state index in [9.17, 15) is 17.6 Å². The molecule has 0 heterocycles. The third-order valence-corrected chi connectivity index (χ3v) is 6.52. The Bertz CT molecular complexity index is 741. The third kappa shape index (κ3) is 4.20. The van der Waals surface area contributed by atoms with E-state index in [1.54, 1.807) is 4.90 Å². The quantitative estimate of drug-likeness (QED) is 0.839. The molecule has 138 valence electrons. The number of benzene rings is 1. The Morgan fingerprint density at radius 3 is 2.48 bits per heavy atom. The second-order valence-corrected chi connectivity index (χ2v) is 8.61. The molecule has 5 nitrogen and oxygen atoms in total. The molecule has 3 rings (SSSR count). The van der Waals surface area contributed by atoms with Crippen molar-refractivity contribution >= 4 is 15.9 Å². The fourth-order valence-corrected chi connectivity index (χ4v) is 4.86. The third-order valence-electron chi connectivity index (χ3n) is 4.98. The molecule has 2 aliphatic rings. The van der Waals surface area contributed by atoms with Gasteiger partial charge in [0.05, 0.1) is 0 Å². The smallest absolute Gasteiger partial charge is 0.254 e. The van der Waals surface area contributed by atoms with Crippen molar-refractivity contribution in [1.29, 1.82) is 0 Å². The molecule has 0 aliphatic heterocycles. The van der Waals surface area contributed by atoms with Crippen LogP contribution >= 0.6 is 0 Å². The Hall–Kier alpha value is -1.47. The van der Waals surface area contributed by atoms with Gasteiger partial charge in [0, 0.05) is 24.2 Å². The highest BCUT2D eigenvalue weighted by molar-refractivity contribution is 7.89. The second-order valence-electron chi connectivity index (χ2n) is 6.92. The van der Waals surface area contributed by atoms with Crippen LogP contribution in [-0.4, -0.2) is 37.9 Å². The van der Waals surface area contributed by atoms with Crippen LogP contribution in [-0.2, 0) is 10.0 Å². The van der Waals surface area contributed by atoms with Crippen LogP contribution in [0.25, 0.3) is 0 Å². The zero-order valence-corrected chi connectivity index (χ0v) is 15.3. The number of carbonyl (C=O) groups excluding carboxylic acids is 1. The summed E-state index contributed by atoms with van der Waals surface area (Å²) < 4.78 is 41.2. The Kier molecular flexibility index (Phi) is 5.43. The number of hydrogen-bond acceptors (Lipinski definition) is 3. The van der Waals surface area contributed by atoms with Crippen LogP contribution in [0.15, 0.2) is 23.1 Å². The van der Waals surface area contributed by atoms with E-state index in [1.807, 2.05) is 6.92 Å². The maximum Gasteiger partial charge on any atom is 0.254 e.